The predicted octanol–water partition coefficient (Wildman–Crippen LogP) is 6.57. The molecule has 0 amide bonds. The summed E-state index contributed by atoms with van der Waals surface area (Å²) in [4.78, 5) is 11.3. The van der Waals surface area contributed by atoms with Crippen molar-refractivity contribution in [3.05, 3.63) is 65.6 Å². The molecule has 3 aromatic rings. The number of rotatable bonds is 6. The summed E-state index contributed by atoms with van der Waals surface area (Å²) < 4.78 is 15.3. The third-order valence-corrected chi connectivity index (χ3v) is 4.79. The monoisotopic (exact) mass is 441 g/mol. The Morgan fingerprint density at radius 3 is 1.75 bits per heavy atom. The first-order valence-corrected chi connectivity index (χ1v) is 11.0. The fraction of sp³-hybridized carbons (Fsp3) is 0.462. The first-order valence-electron chi connectivity index (χ1n) is 11.0. The molecule has 6 heteroatoms. The molecule has 6 nitrogen and oxygen atoms in total. The number of ether oxygens (including phenoxy) is 3. The Morgan fingerprint density at radius 1 is 0.719 bits per heavy atom. The number of nitrogens with one attached hydrogen (secondary N) is 1. The van der Waals surface area contributed by atoms with Crippen LogP contribution < -0.4 is 14.2 Å². The predicted molar refractivity (Wildman–Crippen MR) is 131 cm³/mol. The Bertz CT molecular complexity index is 891. The molecule has 3 heterocycles. The molecule has 0 saturated heterocycles. The van der Waals surface area contributed by atoms with Crippen LogP contribution >= 0.6 is 0 Å². The summed E-state index contributed by atoms with van der Waals surface area (Å²) in [5.41, 5.74) is 3.64. The van der Waals surface area contributed by atoms with Gasteiger partial charge in [0.15, 0.2) is 0 Å². The lowest BCUT2D eigenvalue weighted by molar-refractivity contribution is 0.360. The molecule has 1 N–H and O–H groups in total. The van der Waals surface area contributed by atoms with Crippen LogP contribution in [-0.4, -0.2) is 36.3 Å². The minimum atomic E-state index is 0.411. The number of aromatic nitrogens is 3. The molecule has 0 unspecified atom stereocenters. The maximum Gasteiger partial charge on any atom is 0.219 e. The Hall–Kier alpha value is -3.02. The van der Waals surface area contributed by atoms with E-state index in [0.717, 1.165) is 17.0 Å². The first kappa shape index (κ1) is 27.0. The van der Waals surface area contributed by atoms with Crippen molar-refractivity contribution in [3.63, 3.8) is 0 Å². The first-order chi connectivity index (χ1) is 15.2. The molecule has 32 heavy (non-hydrogen) atoms. The van der Waals surface area contributed by atoms with E-state index in [1.165, 1.54) is 5.56 Å². The SMILES string of the molecule is CC(C)c1cc[nH]c1.COc1ccc(C(C)C)c(OC)n1.COc1ncccc1C(C)C. The van der Waals surface area contributed by atoms with Crippen molar-refractivity contribution in [3.8, 4) is 17.6 Å². The van der Waals surface area contributed by atoms with Gasteiger partial charge < -0.3 is 19.2 Å². The molecule has 0 saturated carbocycles. The van der Waals surface area contributed by atoms with Crippen molar-refractivity contribution in [2.45, 2.75) is 59.3 Å². The molecule has 176 valence electrons. The Balaban J connectivity index is 0.000000247. The van der Waals surface area contributed by atoms with Crippen LogP contribution in [0.1, 0.15) is 76.0 Å². The molecular weight excluding hydrogens is 402 g/mol. The minimum Gasteiger partial charge on any atom is -0.481 e. The summed E-state index contributed by atoms with van der Waals surface area (Å²) >= 11 is 0. The van der Waals surface area contributed by atoms with E-state index in [2.05, 4.69) is 62.6 Å². The summed E-state index contributed by atoms with van der Waals surface area (Å²) in [5, 5.41) is 0. The van der Waals surface area contributed by atoms with E-state index in [9.17, 15) is 0 Å². The number of pyridine rings is 2. The largest absolute Gasteiger partial charge is 0.481 e. The molecule has 0 spiro atoms. The van der Waals surface area contributed by atoms with Gasteiger partial charge >= 0.3 is 0 Å². The van der Waals surface area contributed by atoms with Crippen LogP contribution in [0.25, 0.3) is 0 Å². The highest BCUT2D eigenvalue weighted by Gasteiger charge is 2.09. The van der Waals surface area contributed by atoms with Crippen LogP contribution in [0, 0.1) is 0 Å². The van der Waals surface area contributed by atoms with E-state index in [0.29, 0.717) is 29.5 Å². The van der Waals surface area contributed by atoms with E-state index in [1.54, 1.807) is 27.5 Å². The standard InChI is InChI=1S/C10H15NO2.C9H13NO.C7H11N/c1-7(2)8-5-6-9(12-3)11-10(8)13-4;1-7(2)8-5-4-6-10-9(8)11-3;1-6(2)7-3-4-8-5-7/h5-7H,1-4H3;4-7H,1-3H3;3-6,8H,1-2H3. The molecule has 3 rings (SSSR count). The van der Waals surface area contributed by atoms with Gasteiger partial charge in [0, 0.05) is 35.8 Å². The second kappa shape index (κ2) is 14.1. The van der Waals surface area contributed by atoms with Crippen molar-refractivity contribution >= 4 is 0 Å². The lowest BCUT2D eigenvalue weighted by atomic mass is 10.1. The van der Waals surface area contributed by atoms with Crippen molar-refractivity contribution in [2.75, 3.05) is 21.3 Å². The third-order valence-electron chi connectivity index (χ3n) is 4.79. The summed E-state index contributed by atoms with van der Waals surface area (Å²) in [6.07, 6.45) is 5.73. The average Bonchev–Trinajstić information content (AvgIpc) is 3.34. The van der Waals surface area contributed by atoms with Gasteiger partial charge in [-0.3, -0.25) is 0 Å². The molecule has 0 aliphatic carbocycles. The second-order valence-electron chi connectivity index (χ2n) is 8.16. The summed E-state index contributed by atoms with van der Waals surface area (Å²) in [5.74, 6) is 3.51. The van der Waals surface area contributed by atoms with Crippen LogP contribution in [0.4, 0.5) is 0 Å². The zero-order valence-electron chi connectivity index (χ0n) is 21.0. The highest BCUT2D eigenvalue weighted by Crippen LogP contribution is 2.26. The molecule has 0 bridgehead atoms. The van der Waals surface area contributed by atoms with Gasteiger partial charge in [-0.25, -0.2) is 4.98 Å². The van der Waals surface area contributed by atoms with Gasteiger partial charge in [0.1, 0.15) is 0 Å². The zero-order valence-corrected chi connectivity index (χ0v) is 21.0. The van der Waals surface area contributed by atoms with Crippen molar-refractivity contribution in [1.29, 1.82) is 0 Å². The van der Waals surface area contributed by atoms with E-state index in [4.69, 9.17) is 14.2 Å². The summed E-state index contributed by atoms with van der Waals surface area (Å²) in [6, 6.07) is 9.90. The number of aromatic amines is 1. The maximum absolute atomic E-state index is 5.16. The number of nitrogens with zero attached hydrogens (tertiary/aromatic N) is 2. The summed E-state index contributed by atoms with van der Waals surface area (Å²) in [7, 11) is 4.86. The van der Waals surface area contributed by atoms with Crippen LogP contribution in [-0.2, 0) is 0 Å². The van der Waals surface area contributed by atoms with Gasteiger partial charge in [0.25, 0.3) is 0 Å². The highest BCUT2D eigenvalue weighted by molar-refractivity contribution is 5.33. The average molecular weight is 442 g/mol. The van der Waals surface area contributed by atoms with E-state index in [-0.39, 0.29) is 0 Å². The summed E-state index contributed by atoms with van der Waals surface area (Å²) in [6.45, 7) is 12.8. The Labute approximate surface area is 193 Å². The number of H-pyrrole nitrogens is 1. The molecule has 0 aliphatic heterocycles. The van der Waals surface area contributed by atoms with Gasteiger partial charge in [-0.1, -0.05) is 47.6 Å². The van der Waals surface area contributed by atoms with Crippen LogP contribution in [0.15, 0.2) is 48.9 Å². The quantitative estimate of drug-likeness (QED) is 0.468. The third kappa shape index (κ3) is 8.61. The Kier molecular flexibility index (Phi) is 11.9. The van der Waals surface area contributed by atoms with Gasteiger partial charge in [0.05, 0.1) is 21.3 Å². The molecule has 0 atom stereocenters. The van der Waals surface area contributed by atoms with Crippen LogP contribution in [0.2, 0.25) is 0 Å². The van der Waals surface area contributed by atoms with Gasteiger partial charge in [-0.2, -0.15) is 4.98 Å². The maximum atomic E-state index is 5.16. The van der Waals surface area contributed by atoms with Crippen molar-refractivity contribution in [2.24, 2.45) is 0 Å². The zero-order chi connectivity index (χ0) is 24.1. The molecule has 0 radical (unpaired) electrons. The van der Waals surface area contributed by atoms with Gasteiger partial charge in [-0.05, 0) is 41.5 Å². The topological polar surface area (TPSA) is 69.3 Å². The lowest BCUT2D eigenvalue weighted by Gasteiger charge is -2.10. The fourth-order valence-corrected chi connectivity index (χ4v) is 2.86. The van der Waals surface area contributed by atoms with Crippen molar-refractivity contribution in [1.82, 2.24) is 15.0 Å². The van der Waals surface area contributed by atoms with E-state index in [1.807, 2.05) is 36.7 Å². The number of hydrogen-bond acceptors (Lipinski definition) is 5. The minimum absolute atomic E-state index is 0.411. The highest BCUT2D eigenvalue weighted by atomic mass is 16.5. The molecule has 0 aliphatic rings. The van der Waals surface area contributed by atoms with Crippen LogP contribution in [0.3, 0.4) is 0 Å². The Morgan fingerprint density at radius 2 is 1.34 bits per heavy atom. The fourth-order valence-electron chi connectivity index (χ4n) is 2.86. The normalized spacial score (nSPS) is 10.2. The number of methoxy groups -OCH3 is 3. The van der Waals surface area contributed by atoms with Gasteiger partial charge in [-0.15, -0.1) is 0 Å². The van der Waals surface area contributed by atoms with Crippen LogP contribution in [0.5, 0.6) is 17.6 Å². The van der Waals surface area contributed by atoms with Gasteiger partial charge in [0.2, 0.25) is 17.6 Å². The molecule has 3 aromatic heterocycles. The van der Waals surface area contributed by atoms with E-state index >= 15 is 0 Å². The molecular formula is C26H39N3O3. The molecule has 0 aromatic carbocycles. The van der Waals surface area contributed by atoms with E-state index < -0.39 is 0 Å². The smallest absolute Gasteiger partial charge is 0.219 e. The molecule has 0 fully saturated rings. The van der Waals surface area contributed by atoms with Crippen molar-refractivity contribution < 1.29 is 14.2 Å². The second-order valence-corrected chi connectivity index (χ2v) is 8.16. The lowest BCUT2D eigenvalue weighted by Crippen LogP contribution is -1.98. The number of hydrogen-bond donors (Lipinski definition) is 1.